The van der Waals surface area contributed by atoms with Crippen molar-refractivity contribution in [2.75, 3.05) is 18.0 Å². The number of rotatable bonds is 4. The lowest BCUT2D eigenvalue weighted by molar-refractivity contribution is 0.496. The van der Waals surface area contributed by atoms with Crippen LogP contribution in [0.15, 0.2) is 27.8 Å². The third-order valence-corrected chi connectivity index (χ3v) is 7.08. The summed E-state index contributed by atoms with van der Waals surface area (Å²) in [6.07, 6.45) is 1.86. The van der Waals surface area contributed by atoms with Crippen LogP contribution >= 0.6 is 23.7 Å². The normalized spacial score (nSPS) is 15.8. The minimum Gasteiger partial charge on any atom is -0.341 e. The van der Waals surface area contributed by atoms with Crippen molar-refractivity contribution in [3.8, 4) is 11.8 Å². The second-order valence-corrected chi connectivity index (χ2v) is 9.51. The van der Waals surface area contributed by atoms with E-state index in [0.29, 0.717) is 34.2 Å². The monoisotopic (exact) mass is 517 g/mol. The van der Waals surface area contributed by atoms with Gasteiger partial charge in [0.25, 0.3) is 5.56 Å². The molecule has 4 aromatic rings. The number of halogens is 2. The van der Waals surface area contributed by atoms with Gasteiger partial charge in [0.15, 0.2) is 11.2 Å². The number of hydrogen-bond acceptors (Lipinski definition) is 7. The van der Waals surface area contributed by atoms with Crippen molar-refractivity contribution in [2.24, 2.45) is 12.8 Å². The summed E-state index contributed by atoms with van der Waals surface area (Å²) in [6.45, 7) is 3.37. The van der Waals surface area contributed by atoms with Crippen LogP contribution in [0.1, 0.15) is 24.8 Å². The first-order valence-corrected chi connectivity index (χ1v) is 11.8. The molecule has 1 saturated heterocycles. The van der Waals surface area contributed by atoms with Crippen LogP contribution in [0.3, 0.4) is 0 Å². The second kappa shape index (κ2) is 9.81. The third-order valence-electron chi connectivity index (χ3n) is 6.05. The zero-order chi connectivity index (χ0) is 24.0. The fraction of sp³-hybridized carbons (Fsp3) is 0.391. The summed E-state index contributed by atoms with van der Waals surface area (Å²) in [6, 6.07) is 4.36. The predicted octanol–water partition coefficient (Wildman–Crippen LogP) is 2.07. The lowest BCUT2D eigenvalue weighted by Gasteiger charge is -2.31. The summed E-state index contributed by atoms with van der Waals surface area (Å²) in [7, 11) is 1.60. The van der Waals surface area contributed by atoms with Crippen molar-refractivity contribution in [3.63, 3.8) is 0 Å². The van der Waals surface area contributed by atoms with E-state index in [2.05, 4.69) is 21.7 Å². The highest BCUT2D eigenvalue weighted by molar-refractivity contribution is 7.18. The summed E-state index contributed by atoms with van der Waals surface area (Å²) < 4.78 is 18.7. The highest BCUT2D eigenvalue weighted by Gasteiger charge is 2.26. The van der Waals surface area contributed by atoms with E-state index in [1.54, 1.807) is 24.6 Å². The van der Waals surface area contributed by atoms with Crippen molar-refractivity contribution in [1.29, 1.82) is 0 Å². The number of thiazole rings is 1. The molecule has 35 heavy (non-hydrogen) atoms. The van der Waals surface area contributed by atoms with Gasteiger partial charge in [0.05, 0.1) is 23.3 Å². The number of piperidine rings is 1. The maximum Gasteiger partial charge on any atom is 0.332 e. The van der Waals surface area contributed by atoms with Gasteiger partial charge in [-0.3, -0.25) is 18.5 Å². The van der Waals surface area contributed by atoms with Gasteiger partial charge in [0.1, 0.15) is 10.8 Å². The van der Waals surface area contributed by atoms with Crippen LogP contribution in [0, 0.1) is 17.7 Å². The third kappa shape index (κ3) is 4.45. The van der Waals surface area contributed by atoms with Gasteiger partial charge in [-0.2, -0.15) is 4.98 Å². The molecule has 1 fully saturated rings. The van der Waals surface area contributed by atoms with Crippen molar-refractivity contribution in [1.82, 2.24) is 23.7 Å². The van der Waals surface area contributed by atoms with Gasteiger partial charge in [-0.15, -0.1) is 29.7 Å². The maximum absolute atomic E-state index is 13.6. The molecule has 4 heterocycles. The van der Waals surface area contributed by atoms with Crippen LogP contribution in [0.25, 0.3) is 21.4 Å². The zero-order valence-electron chi connectivity index (χ0n) is 19.3. The smallest absolute Gasteiger partial charge is 0.332 e. The number of fused-ring (bicyclic) bond motifs is 2. The lowest BCUT2D eigenvalue weighted by Crippen LogP contribution is -2.44. The molecule has 9 nitrogen and oxygen atoms in total. The summed E-state index contributed by atoms with van der Waals surface area (Å²) in [4.78, 5) is 38.0. The average molecular weight is 518 g/mol. The molecule has 1 aliphatic rings. The molecule has 0 radical (unpaired) electrons. The Morgan fingerprint density at radius 2 is 2.06 bits per heavy atom. The quantitative estimate of drug-likeness (QED) is 0.416. The van der Waals surface area contributed by atoms with E-state index in [9.17, 15) is 14.0 Å². The van der Waals surface area contributed by atoms with Crippen LogP contribution in [-0.4, -0.2) is 42.8 Å². The van der Waals surface area contributed by atoms with Crippen LogP contribution in [0.4, 0.5) is 10.3 Å². The first-order chi connectivity index (χ1) is 16.4. The van der Waals surface area contributed by atoms with Gasteiger partial charge in [-0.1, -0.05) is 5.92 Å². The topological polar surface area (TPSA) is 104 Å². The number of imidazole rings is 1. The molecule has 184 valence electrons. The van der Waals surface area contributed by atoms with Crippen molar-refractivity contribution in [3.05, 3.63) is 49.9 Å². The Morgan fingerprint density at radius 1 is 1.26 bits per heavy atom. The molecule has 1 unspecified atom stereocenters. The molecular formula is C23H25ClFN7O2S. The molecule has 0 bridgehead atoms. The fourth-order valence-corrected chi connectivity index (χ4v) is 5.33. The van der Waals surface area contributed by atoms with Gasteiger partial charge >= 0.3 is 5.69 Å². The molecule has 0 aliphatic carbocycles. The Hall–Kier alpha value is -3.20. The van der Waals surface area contributed by atoms with E-state index in [-0.39, 0.29) is 37.4 Å². The summed E-state index contributed by atoms with van der Waals surface area (Å²) in [5, 5.41) is 0.542. The molecule has 1 aliphatic heterocycles. The van der Waals surface area contributed by atoms with Gasteiger partial charge in [0, 0.05) is 32.2 Å². The molecule has 5 rings (SSSR count). The first-order valence-electron chi connectivity index (χ1n) is 11.0. The number of benzene rings is 1. The average Bonchev–Trinajstić information content (AvgIpc) is 3.40. The second-order valence-electron chi connectivity index (χ2n) is 8.40. The molecular weight excluding hydrogens is 493 g/mol. The molecule has 12 heteroatoms. The van der Waals surface area contributed by atoms with E-state index in [1.165, 1.54) is 28.0 Å². The van der Waals surface area contributed by atoms with Gasteiger partial charge in [-0.25, -0.2) is 14.2 Å². The van der Waals surface area contributed by atoms with E-state index >= 15 is 0 Å². The zero-order valence-corrected chi connectivity index (χ0v) is 21.0. The molecule has 0 spiro atoms. The number of nitrogens with two attached hydrogens (primary N) is 1. The van der Waals surface area contributed by atoms with Crippen LogP contribution < -0.4 is 21.9 Å². The first kappa shape index (κ1) is 24.9. The molecule has 1 atom stereocenters. The largest absolute Gasteiger partial charge is 0.341 e. The van der Waals surface area contributed by atoms with Gasteiger partial charge in [-0.05, 0) is 31.9 Å². The number of anilines is 1. The van der Waals surface area contributed by atoms with E-state index in [1.807, 2.05) is 0 Å². The summed E-state index contributed by atoms with van der Waals surface area (Å²) in [5.74, 6) is 6.10. The molecule has 1 aromatic carbocycles. The van der Waals surface area contributed by atoms with Crippen LogP contribution in [0.2, 0.25) is 0 Å². The number of hydrogen-bond donors (Lipinski definition) is 1. The van der Waals surface area contributed by atoms with Gasteiger partial charge < -0.3 is 10.6 Å². The number of nitrogens with zero attached hydrogens (tertiary/aromatic N) is 6. The summed E-state index contributed by atoms with van der Waals surface area (Å²) in [5.41, 5.74) is 6.36. The molecule has 0 amide bonds. The number of aryl methyl sites for hydroxylation is 1. The molecule has 3 aromatic heterocycles. The Morgan fingerprint density at radius 3 is 2.80 bits per heavy atom. The van der Waals surface area contributed by atoms with Crippen molar-refractivity contribution in [2.45, 2.75) is 38.9 Å². The number of aromatic nitrogens is 5. The highest BCUT2D eigenvalue weighted by Crippen LogP contribution is 2.25. The van der Waals surface area contributed by atoms with Crippen LogP contribution in [0.5, 0.6) is 0 Å². The Bertz CT molecular complexity index is 1590. The van der Waals surface area contributed by atoms with Gasteiger partial charge in [0.2, 0.25) is 5.95 Å². The fourth-order valence-electron chi connectivity index (χ4n) is 4.39. The summed E-state index contributed by atoms with van der Waals surface area (Å²) >= 11 is 1.32. The Balaban J connectivity index is 0.00000289. The Labute approximate surface area is 210 Å². The van der Waals surface area contributed by atoms with E-state index in [4.69, 9.17) is 10.7 Å². The van der Waals surface area contributed by atoms with Crippen LogP contribution in [-0.2, 0) is 20.1 Å². The highest BCUT2D eigenvalue weighted by atomic mass is 35.5. The standard InChI is InChI=1S/C23H24FN7O2S.ClH/c1-3-4-10-30-19-20(27-22(30)29-9-5-6-15(25)12-29)28(2)23(33)31(21(19)32)13-18-26-16-11-14(24)7-8-17(16)34-18;/h7-8,11,15H,5-6,9-10,12-13,25H2,1-2H3;1H. The minimum atomic E-state index is -0.490. The Kier molecular flexibility index (Phi) is 6.98. The lowest BCUT2D eigenvalue weighted by atomic mass is 10.1. The van der Waals surface area contributed by atoms with Crippen molar-refractivity contribution < 1.29 is 4.39 Å². The molecule has 2 N–H and O–H groups in total. The minimum absolute atomic E-state index is 0. The SMILES string of the molecule is CC#CCn1c(N2CCCC(N)C2)nc2c1c(=O)n(Cc1nc3cc(F)ccc3s1)c(=O)n2C.Cl. The maximum atomic E-state index is 13.6. The van der Waals surface area contributed by atoms with Crippen molar-refractivity contribution >= 4 is 51.1 Å². The van der Waals surface area contributed by atoms with E-state index < -0.39 is 11.2 Å². The van der Waals surface area contributed by atoms with E-state index in [0.717, 1.165) is 28.7 Å². The predicted molar refractivity (Wildman–Crippen MR) is 138 cm³/mol. The molecule has 0 saturated carbocycles.